The van der Waals surface area contributed by atoms with Gasteiger partial charge in [0.25, 0.3) is 11.8 Å². The second-order valence-corrected chi connectivity index (χ2v) is 5.57. The lowest BCUT2D eigenvalue weighted by Gasteiger charge is -2.06. The van der Waals surface area contributed by atoms with Gasteiger partial charge >= 0.3 is 11.6 Å². The molecule has 1 aromatic carbocycles. The Morgan fingerprint density at radius 2 is 1.75 bits per heavy atom. The first-order valence-corrected chi connectivity index (χ1v) is 7.88. The number of aryl methyl sites for hydroxylation is 1. The number of amides is 2. The fraction of sp³-hybridized carbons (Fsp3) is 0.125. The lowest BCUT2D eigenvalue weighted by atomic mass is 10.2. The van der Waals surface area contributed by atoms with Gasteiger partial charge in [0.15, 0.2) is 5.69 Å². The summed E-state index contributed by atoms with van der Waals surface area (Å²) in [7, 11) is 2.91. The third kappa shape index (κ3) is 3.80. The van der Waals surface area contributed by atoms with Crippen LogP contribution in [0.1, 0.15) is 21.0 Å². The van der Waals surface area contributed by atoms with Crippen molar-refractivity contribution in [1.29, 1.82) is 0 Å². The molecular weight excluding hydrogens is 370 g/mol. The Balaban J connectivity index is 1.69. The number of ether oxygens (including phenoxy) is 1. The van der Waals surface area contributed by atoms with E-state index in [1.165, 1.54) is 23.9 Å². The number of rotatable bonds is 6. The van der Waals surface area contributed by atoms with Crippen molar-refractivity contribution in [2.24, 2.45) is 7.05 Å². The van der Waals surface area contributed by atoms with Crippen molar-refractivity contribution in [3.05, 3.63) is 58.0 Å². The molecule has 12 nitrogen and oxygen atoms in total. The van der Waals surface area contributed by atoms with Crippen LogP contribution in [0.3, 0.4) is 0 Å². The molecule has 0 aliphatic rings. The second-order valence-electron chi connectivity index (χ2n) is 5.57. The first-order chi connectivity index (χ1) is 13.4. The van der Waals surface area contributed by atoms with Crippen LogP contribution in [0.4, 0.5) is 17.1 Å². The number of carbonyl (C=O) groups excluding carboxylic acids is 2. The van der Waals surface area contributed by atoms with Gasteiger partial charge in [0.1, 0.15) is 0 Å². The summed E-state index contributed by atoms with van der Waals surface area (Å²) in [5.41, 5.74) is 0.223. The van der Waals surface area contributed by atoms with E-state index < -0.39 is 16.5 Å². The number of nitro groups is 1. The first-order valence-electron chi connectivity index (χ1n) is 7.88. The molecule has 0 aliphatic heterocycles. The average molecular weight is 385 g/mol. The molecule has 0 atom stereocenters. The summed E-state index contributed by atoms with van der Waals surface area (Å²) in [6.45, 7) is 0. The molecule has 0 saturated carbocycles. The minimum atomic E-state index is -0.757. The Morgan fingerprint density at radius 1 is 1.14 bits per heavy atom. The minimum Gasteiger partial charge on any atom is -0.475 e. The van der Waals surface area contributed by atoms with E-state index in [0.29, 0.717) is 11.4 Å². The molecule has 3 rings (SSSR count). The summed E-state index contributed by atoms with van der Waals surface area (Å²) in [5.74, 6) is -1.42. The van der Waals surface area contributed by atoms with E-state index in [9.17, 15) is 19.7 Å². The molecule has 28 heavy (non-hydrogen) atoms. The third-order valence-corrected chi connectivity index (χ3v) is 3.66. The highest BCUT2D eigenvalue weighted by Gasteiger charge is 2.30. The lowest BCUT2D eigenvalue weighted by molar-refractivity contribution is -0.386. The summed E-state index contributed by atoms with van der Waals surface area (Å²) in [5, 5.41) is 26.2. The smallest absolute Gasteiger partial charge is 0.362 e. The predicted octanol–water partition coefficient (Wildman–Crippen LogP) is 1.56. The van der Waals surface area contributed by atoms with Crippen LogP contribution in [0.25, 0.3) is 0 Å². The van der Waals surface area contributed by atoms with Crippen molar-refractivity contribution in [3.63, 3.8) is 0 Å². The van der Waals surface area contributed by atoms with E-state index in [2.05, 4.69) is 25.9 Å². The van der Waals surface area contributed by atoms with Crippen LogP contribution in [0.5, 0.6) is 5.88 Å². The molecule has 0 bridgehead atoms. The van der Waals surface area contributed by atoms with E-state index in [1.54, 1.807) is 31.4 Å². The van der Waals surface area contributed by atoms with Gasteiger partial charge < -0.3 is 15.4 Å². The fourth-order valence-electron chi connectivity index (χ4n) is 2.35. The Labute approximate surface area is 157 Å². The summed E-state index contributed by atoms with van der Waals surface area (Å²) >= 11 is 0. The van der Waals surface area contributed by atoms with Gasteiger partial charge in [-0.1, -0.05) is 0 Å². The summed E-state index contributed by atoms with van der Waals surface area (Å²) < 4.78 is 6.28. The van der Waals surface area contributed by atoms with E-state index in [0.717, 1.165) is 0 Å². The van der Waals surface area contributed by atoms with Gasteiger partial charge in [0.05, 0.1) is 12.0 Å². The lowest BCUT2D eigenvalue weighted by Crippen LogP contribution is -2.15. The maximum atomic E-state index is 12.3. The SMILES string of the molecule is COc1n[nH]c(C(=O)Nc2ccc(NC(=O)c3ccn(C)n3)cc2)c1[N+](=O)[O-]. The topological polar surface area (TPSA) is 157 Å². The Kier molecular flexibility index (Phi) is 5.02. The number of H-pyrrole nitrogens is 1. The van der Waals surface area contributed by atoms with Gasteiger partial charge in [-0.15, -0.1) is 5.10 Å². The van der Waals surface area contributed by atoms with E-state index in [-0.39, 0.29) is 23.2 Å². The Hall–Kier alpha value is -4.22. The van der Waals surface area contributed by atoms with Gasteiger partial charge in [0, 0.05) is 24.6 Å². The maximum absolute atomic E-state index is 12.3. The fourth-order valence-corrected chi connectivity index (χ4v) is 2.35. The van der Waals surface area contributed by atoms with Crippen molar-refractivity contribution in [2.45, 2.75) is 0 Å². The molecule has 3 aromatic rings. The highest BCUT2D eigenvalue weighted by molar-refractivity contribution is 6.06. The number of anilines is 2. The van der Waals surface area contributed by atoms with Crippen molar-refractivity contribution >= 4 is 28.9 Å². The summed E-state index contributed by atoms with van der Waals surface area (Å²) in [6, 6.07) is 7.78. The van der Waals surface area contributed by atoms with Crippen molar-refractivity contribution in [2.75, 3.05) is 17.7 Å². The van der Waals surface area contributed by atoms with E-state index in [4.69, 9.17) is 4.74 Å². The number of carbonyl (C=O) groups is 2. The van der Waals surface area contributed by atoms with Crippen LogP contribution >= 0.6 is 0 Å². The van der Waals surface area contributed by atoms with Gasteiger partial charge in [-0.2, -0.15) is 5.10 Å². The van der Waals surface area contributed by atoms with E-state index in [1.807, 2.05) is 0 Å². The highest BCUT2D eigenvalue weighted by Crippen LogP contribution is 2.28. The predicted molar refractivity (Wildman–Crippen MR) is 97.4 cm³/mol. The molecule has 0 spiro atoms. The minimum absolute atomic E-state index is 0.264. The van der Waals surface area contributed by atoms with Gasteiger partial charge in [-0.25, -0.2) is 0 Å². The Morgan fingerprint density at radius 3 is 2.25 bits per heavy atom. The number of hydrogen-bond acceptors (Lipinski definition) is 7. The maximum Gasteiger partial charge on any atom is 0.362 e. The zero-order valence-electron chi connectivity index (χ0n) is 14.8. The molecule has 0 saturated heterocycles. The van der Waals surface area contributed by atoms with Gasteiger partial charge in [0.2, 0.25) is 5.69 Å². The molecule has 144 valence electrons. The number of benzene rings is 1. The molecule has 0 radical (unpaired) electrons. The van der Waals surface area contributed by atoms with Crippen LogP contribution in [0, 0.1) is 10.1 Å². The first kappa shape index (κ1) is 18.6. The van der Waals surface area contributed by atoms with E-state index >= 15 is 0 Å². The number of hydrogen-bond donors (Lipinski definition) is 3. The number of aromatic nitrogens is 4. The summed E-state index contributed by atoms with van der Waals surface area (Å²) in [4.78, 5) is 34.7. The zero-order valence-corrected chi connectivity index (χ0v) is 14.8. The van der Waals surface area contributed by atoms with Crippen LogP contribution < -0.4 is 15.4 Å². The van der Waals surface area contributed by atoms with Crippen LogP contribution in [-0.2, 0) is 7.05 Å². The number of aromatic amines is 1. The quantitative estimate of drug-likeness (QED) is 0.429. The standard InChI is InChI=1S/C16H15N7O5/c1-22-8-7-11(21-22)14(24)17-9-3-5-10(6-4-9)18-15(25)12-13(23(26)27)16(28-2)20-19-12/h3-8H,1-2H3,(H,17,24)(H,18,25)(H,19,20). The molecule has 0 fully saturated rings. The number of methoxy groups -OCH3 is 1. The molecular formula is C16H15N7O5. The molecule has 12 heteroatoms. The summed E-state index contributed by atoms with van der Waals surface area (Å²) in [6.07, 6.45) is 1.65. The second kappa shape index (κ2) is 7.57. The molecule has 3 N–H and O–H groups in total. The number of nitrogens with one attached hydrogen (secondary N) is 3. The van der Waals surface area contributed by atoms with Crippen molar-refractivity contribution < 1.29 is 19.2 Å². The van der Waals surface area contributed by atoms with Crippen LogP contribution in [0.2, 0.25) is 0 Å². The largest absolute Gasteiger partial charge is 0.475 e. The Bertz CT molecular complexity index is 1040. The average Bonchev–Trinajstić information content (AvgIpc) is 3.29. The molecule has 0 aliphatic carbocycles. The monoisotopic (exact) mass is 385 g/mol. The number of nitrogens with zero attached hydrogens (tertiary/aromatic N) is 4. The van der Waals surface area contributed by atoms with Crippen molar-refractivity contribution in [3.8, 4) is 5.88 Å². The van der Waals surface area contributed by atoms with Gasteiger partial charge in [-0.05, 0) is 30.3 Å². The highest BCUT2D eigenvalue weighted by atomic mass is 16.6. The molecule has 2 aromatic heterocycles. The molecule has 2 amide bonds. The molecule has 2 heterocycles. The van der Waals surface area contributed by atoms with Crippen LogP contribution in [-0.4, -0.2) is 43.8 Å². The zero-order chi connectivity index (χ0) is 20.3. The third-order valence-electron chi connectivity index (χ3n) is 3.66. The van der Waals surface area contributed by atoms with Crippen molar-refractivity contribution in [1.82, 2.24) is 20.0 Å². The molecule has 0 unspecified atom stereocenters. The van der Waals surface area contributed by atoms with Gasteiger partial charge in [-0.3, -0.25) is 29.5 Å². The van der Waals surface area contributed by atoms with Crippen LogP contribution in [0.15, 0.2) is 36.5 Å². The normalized spacial score (nSPS) is 10.4.